The number of benzene rings is 2. The minimum absolute atomic E-state index is 0.0471. The number of hydrogen-bond acceptors (Lipinski definition) is 5. The van der Waals surface area contributed by atoms with Crippen molar-refractivity contribution in [3.8, 4) is 17.4 Å². The van der Waals surface area contributed by atoms with Crippen molar-refractivity contribution in [3.05, 3.63) is 89.5 Å². The standard InChI is InChI=1S/C26H27N5O2/c1-17-14-18(2)31(30-17)23-15-24(28-16-27-23)33-22-12-10-21(11-13-22)29-25(32)19-6-8-20(9-7-19)26(3,4)5/h6-16H,1-5H3,(H,29,32). The molecule has 33 heavy (non-hydrogen) atoms. The summed E-state index contributed by atoms with van der Waals surface area (Å²) < 4.78 is 7.62. The van der Waals surface area contributed by atoms with E-state index < -0.39 is 0 Å². The average molecular weight is 442 g/mol. The average Bonchev–Trinajstić information content (AvgIpc) is 3.13. The molecule has 7 nitrogen and oxygen atoms in total. The van der Waals surface area contributed by atoms with Crippen molar-refractivity contribution in [1.82, 2.24) is 19.7 Å². The van der Waals surface area contributed by atoms with Crippen molar-refractivity contribution in [2.45, 2.75) is 40.0 Å². The van der Waals surface area contributed by atoms with Crippen LogP contribution >= 0.6 is 0 Å². The van der Waals surface area contributed by atoms with Gasteiger partial charge in [-0.15, -0.1) is 0 Å². The molecule has 0 saturated heterocycles. The monoisotopic (exact) mass is 441 g/mol. The number of carbonyl (C=O) groups excluding carboxylic acids is 1. The lowest BCUT2D eigenvalue weighted by atomic mass is 9.87. The zero-order valence-corrected chi connectivity index (χ0v) is 19.5. The molecule has 2 aromatic heterocycles. The molecule has 1 amide bonds. The van der Waals surface area contributed by atoms with E-state index in [1.165, 1.54) is 11.9 Å². The topological polar surface area (TPSA) is 81.9 Å². The van der Waals surface area contributed by atoms with Gasteiger partial charge in [0.2, 0.25) is 5.88 Å². The van der Waals surface area contributed by atoms with E-state index >= 15 is 0 Å². The molecule has 0 aliphatic heterocycles. The number of nitrogens with zero attached hydrogens (tertiary/aromatic N) is 4. The maximum Gasteiger partial charge on any atom is 0.255 e. The van der Waals surface area contributed by atoms with Crippen LogP contribution in [0.15, 0.2) is 67.0 Å². The Balaban J connectivity index is 1.42. The summed E-state index contributed by atoms with van der Waals surface area (Å²) in [5.74, 6) is 1.48. The molecule has 0 saturated carbocycles. The molecular weight excluding hydrogens is 414 g/mol. The van der Waals surface area contributed by atoms with Crippen molar-refractivity contribution >= 4 is 11.6 Å². The van der Waals surface area contributed by atoms with Gasteiger partial charge < -0.3 is 10.1 Å². The molecule has 0 aliphatic carbocycles. The summed E-state index contributed by atoms with van der Waals surface area (Å²) >= 11 is 0. The number of ether oxygens (including phenoxy) is 1. The normalized spacial score (nSPS) is 11.3. The van der Waals surface area contributed by atoms with Crippen LogP contribution < -0.4 is 10.1 Å². The fraction of sp³-hybridized carbons (Fsp3) is 0.231. The molecule has 0 atom stereocenters. The summed E-state index contributed by atoms with van der Waals surface area (Å²) in [6, 6.07) is 18.5. The first-order valence-electron chi connectivity index (χ1n) is 10.7. The van der Waals surface area contributed by atoms with Crippen LogP contribution in [-0.2, 0) is 5.41 Å². The Morgan fingerprint density at radius 3 is 2.24 bits per heavy atom. The Bertz CT molecular complexity index is 1270. The van der Waals surface area contributed by atoms with Gasteiger partial charge in [0.15, 0.2) is 5.82 Å². The molecule has 0 unspecified atom stereocenters. The fourth-order valence-electron chi connectivity index (χ4n) is 3.41. The second-order valence-corrected chi connectivity index (χ2v) is 8.96. The van der Waals surface area contributed by atoms with Crippen molar-refractivity contribution in [3.63, 3.8) is 0 Å². The lowest BCUT2D eigenvalue weighted by Gasteiger charge is -2.19. The largest absolute Gasteiger partial charge is 0.439 e. The van der Waals surface area contributed by atoms with E-state index in [0.717, 1.165) is 11.4 Å². The van der Waals surface area contributed by atoms with Gasteiger partial charge in [-0.3, -0.25) is 4.79 Å². The number of amides is 1. The Labute approximate surface area is 193 Å². The minimum Gasteiger partial charge on any atom is -0.439 e. The van der Waals surface area contributed by atoms with Crippen molar-refractivity contribution in [1.29, 1.82) is 0 Å². The fourth-order valence-corrected chi connectivity index (χ4v) is 3.41. The lowest BCUT2D eigenvalue weighted by Crippen LogP contribution is -2.14. The highest BCUT2D eigenvalue weighted by molar-refractivity contribution is 6.04. The number of hydrogen-bond donors (Lipinski definition) is 1. The molecule has 1 N–H and O–H groups in total. The molecular formula is C26H27N5O2. The van der Waals surface area contributed by atoms with E-state index in [1.54, 1.807) is 35.0 Å². The van der Waals surface area contributed by atoms with Crippen molar-refractivity contribution < 1.29 is 9.53 Å². The summed E-state index contributed by atoms with van der Waals surface area (Å²) in [5.41, 5.74) is 4.41. The molecule has 2 aromatic carbocycles. The Morgan fingerprint density at radius 1 is 0.939 bits per heavy atom. The van der Waals surface area contributed by atoms with Crippen LogP contribution in [0.25, 0.3) is 5.82 Å². The van der Waals surface area contributed by atoms with Gasteiger partial charge in [-0.2, -0.15) is 5.10 Å². The van der Waals surface area contributed by atoms with Gasteiger partial charge in [0.25, 0.3) is 5.91 Å². The van der Waals surface area contributed by atoms with Crippen LogP contribution in [0, 0.1) is 13.8 Å². The van der Waals surface area contributed by atoms with Crippen LogP contribution in [0.2, 0.25) is 0 Å². The molecule has 0 spiro atoms. The predicted molar refractivity (Wildman–Crippen MR) is 128 cm³/mol. The first kappa shape index (κ1) is 22.2. The zero-order valence-electron chi connectivity index (χ0n) is 19.5. The number of aromatic nitrogens is 4. The van der Waals surface area contributed by atoms with Crippen molar-refractivity contribution in [2.75, 3.05) is 5.32 Å². The Kier molecular flexibility index (Phi) is 5.96. The van der Waals surface area contributed by atoms with E-state index in [2.05, 4.69) is 41.2 Å². The molecule has 0 fully saturated rings. The van der Waals surface area contributed by atoms with E-state index in [4.69, 9.17) is 4.74 Å². The van der Waals surface area contributed by atoms with Crippen LogP contribution in [0.4, 0.5) is 5.69 Å². The van der Waals surface area contributed by atoms with Crippen LogP contribution in [0.5, 0.6) is 11.6 Å². The third-order valence-corrected chi connectivity index (χ3v) is 5.20. The summed E-state index contributed by atoms with van der Waals surface area (Å²) in [6.45, 7) is 10.3. The zero-order chi connectivity index (χ0) is 23.6. The third-order valence-electron chi connectivity index (χ3n) is 5.20. The maximum absolute atomic E-state index is 12.6. The van der Waals surface area contributed by atoms with Gasteiger partial charge in [-0.1, -0.05) is 32.9 Å². The number of rotatable bonds is 5. The predicted octanol–water partition coefficient (Wildman–Crippen LogP) is 5.62. The van der Waals surface area contributed by atoms with E-state index in [0.29, 0.717) is 28.7 Å². The second kappa shape index (κ2) is 8.86. The molecule has 7 heteroatoms. The van der Waals surface area contributed by atoms with Crippen LogP contribution in [0.1, 0.15) is 48.1 Å². The van der Waals surface area contributed by atoms with Crippen LogP contribution in [0.3, 0.4) is 0 Å². The third kappa shape index (κ3) is 5.26. The Morgan fingerprint density at radius 2 is 1.64 bits per heavy atom. The number of anilines is 1. The van der Waals surface area contributed by atoms with E-state index in [1.807, 2.05) is 44.2 Å². The van der Waals surface area contributed by atoms with Crippen LogP contribution in [-0.4, -0.2) is 25.7 Å². The Hall–Kier alpha value is -4.00. The number of carbonyl (C=O) groups is 1. The van der Waals surface area contributed by atoms with Gasteiger partial charge in [0, 0.05) is 23.0 Å². The van der Waals surface area contributed by atoms with Gasteiger partial charge >= 0.3 is 0 Å². The summed E-state index contributed by atoms with van der Waals surface area (Å²) in [4.78, 5) is 21.1. The van der Waals surface area contributed by atoms with Crippen molar-refractivity contribution in [2.24, 2.45) is 0 Å². The summed E-state index contributed by atoms with van der Waals surface area (Å²) in [5, 5.41) is 7.35. The minimum atomic E-state index is -0.158. The summed E-state index contributed by atoms with van der Waals surface area (Å²) in [6.07, 6.45) is 1.45. The molecule has 0 aliphatic rings. The highest BCUT2D eigenvalue weighted by Gasteiger charge is 2.14. The molecule has 4 aromatic rings. The SMILES string of the molecule is Cc1cc(C)n(-c2cc(Oc3ccc(NC(=O)c4ccc(C(C)(C)C)cc4)cc3)ncn2)n1. The number of aryl methyl sites for hydroxylation is 2. The highest BCUT2D eigenvalue weighted by atomic mass is 16.5. The molecule has 168 valence electrons. The number of nitrogens with one attached hydrogen (secondary N) is 1. The molecule has 2 heterocycles. The highest BCUT2D eigenvalue weighted by Crippen LogP contribution is 2.24. The van der Waals surface area contributed by atoms with Gasteiger partial charge in [-0.05, 0) is 67.3 Å². The molecule has 0 bridgehead atoms. The maximum atomic E-state index is 12.6. The first-order chi connectivity index (χ1) is 15.7. The van der Waals surface area contributed by atoms with Gasteiger partial charge in [0.05, 0.1) is 5.69 Å². The first-order valence-corrected chi connectivity index (χ1v) is 10.7. The van der Waals surface area contributed by atoms with E-state index in [-0.39, 0.29) is 11.3 Å². The lowest BCUT2D eigenvalue weighted by molar-refractivity contribution is 0.102. The molecule has 4 rings (SSSR count). The smallest absolute Gasteiger partial charge is 0.255 e. The molecule has 0 radical (unpaired) electrons. The van der Waals surface area contributed by atoms with Gasteiger partial charge in [-0.25, -0.2) is 14.6 Å². The van der Waals surface area contributed by atoms with Gasteiger partial charge in [0.1, 0.15) is 12.1 Å². The summed E-state index contributed by atoms with van der Waals surface area (Å²) in [7, 11) is 0. The van der Waals surface area contributed by atoms with E-state index in [9.17, 15) is 4.79 Å². The quantitative estimate of drug-likeness (QED) is 0.435. The second-order valence-electron chi connectivity index (χ2n) is 8.96.